The fourth-order valence-corrected chi connectivity index (χ4v) is 3.07. The van der Waals surface area contributed by atoms with Crippen molar-refractivity contribution in [3.63, 3.8) is 0 Å². The number of aliphatic carboxylic acids is 1. The number of carboxylic acid groups (broad SMARTS) is 1. The third kappa shape index (κ3) is 1.51. The molecule has 0 saturated heterocycles. The van der Waals surface area contributed by atoms with E-state index in [0.29, 0.717) is 34.4 Å². The van der Waals surface area contributed by atoms with E-state index >= 15 is 0 Å². The molecule has 0 radical (unpaired) electrons. The van der Waals surface area contributed by atoms with Crippen LogP contribution in [0.25, 0.3) is 16.8 Å². The molecule has 102 valence electrons. The van der Waals surface area contributed by atoms with Crippen LogP contribution in [-0.4, -0.2) is 27.1 Å². The van der Waals surface area contributed by atoms with E-state index in [0.717, 1.165) is 5.56 Å². The van der Waals surface area contributed by atoms with Gasteiger partial charge in [0, 0.05) is 22.3 Å². The van der Waals surface area contributed by atoms with Crippen molar-refractivity contribution in [2.45, 2.75) is 12.3 Å². The number of fused-ring (bicyclic) bond motifs is 2. The van der Waals surface area contributed by atoms with Gasteiger partial charge in [-0.3, -0.25) is 9.59 Å². The summed E-state index contributed by atoms with van der Waals surface area (Å²) in [6.45, 7) is 0. The number of ketones is 1. The maximum Gasteiger partial charge on any atom is 0.311 e. The van der Waals surface area contributed by atoms with E-state index in [1.165, 1.54) is 6.20 Å². The Morgan fingerprint density at radius 1 is 1.24 bits per heavy atom. The maximum atomic E-state index is 12.6. The summed E-state index contributed by atoms with van der Waals surface area (Å²) < 4.78 is 0. The van der Waals surface area contributed by atoms with Crippen LogP contribution in [-0.2, 0) is 4.79 Å². The van der Waals surface area contributed by atoms with Crippen LogP contribution in [0.2, 0.25) is 0 Å². The molecular formula is C16H10N2O3. The summed E-state index contributed by atoms with van der Waals surface area (Å²) in [5.74, 6) is -1.65. The van der Waals surface area contributed by atoms with Gasteiger partial charge < -0.3 is 5.11 Å². The summed E-state index contributed by atoms with van der Waals surface area (Å²) in [5, 5.41) is 17.4. The third-order valence-electron chi connectivity index (χ3n) is 4.05. The van der Waals surface area contributed by atoms with E-state index in [4.69, 9.17) is 0 Å². The molecule has 1 unspecified atom stereocenters. The monoisotopic (exact) mass is 278 g/mol. The molecule has 4 rings (SSSR count). The number of nitrogens with zero attached hydrogens (tertiary/aromatic N) is 2. The Kier molecular flexibility index (Phi) is 2.33. The lowest BCUT2D eigenvalue weighted by Crippen LogP contribution is -2.23. The number of aromatic nitrogens is 2. The highest BCUT2D eigenvalue weighted by atomic mass is 16.4. The van der Waals surface area contributed by atoms with Crippen LogP contribution in [0.4, 0.5) is 0 Å². The van der Waals surface area contributed by atoms with Gasteiger partial charge in [0.1, 0.15) is 5.69 Å². The first-order chi connectivity index (χ1) is 10.2. The van der Waals surface area contributed by atoms with Crippen LogP contribution in [0.3, 0.4) is 0 Å². The number of carbonyl (C=O) groups excluding carboxylic acids is 1. The Labute approximate surface area is 120 Å². The Balaban J connectivity index is 2.08. The Morgan fingerprint density at radius 3 is 2.76 bits per heavy atom. The largest absolute Gasteiger partial charge is 0.481 e. The molecule has 0 spiro atoms. The highest BCUT2D eigenvalue weighted by Crippen LogP contribution is 2.44. The van der Waals surface area contributed by atoms with Crippen molar-refractivity contribution >= 4 is 17.3 Å². The van der Waals surface area contributed by atoms with E-state index in [1.54, 1.807) is 12.1 Å². The van der Waals surface area contributed by atoms with Crippen molar-refractivity contribution < 1.29 is 14.7 Å². The van der Waals surface area contributed by atoms with E-state index in [-0.39, 0.29) is 5.78 Å². The average molecular weight is 278 g/mol. The minimum absolute atomic E-state index is 0.0730. The van der Waals surface area contributed by atoms with Gasteiger partial charge in [-0.1, -0.05) is 30.3 Å². The van der Waals surface area contributed by atoms with Crippen LogP contribution in [0.5, 0.6) is 0 Å². The van der Waals surface area contributed by atoms with Gasteiger partial charge in [0.25, 0.3) is 0 Å². The first kappa shape index (κ1) is 12.0. The van der Waals surface area contributed by atoms with Crippen LogP contribution in [0.15, 0.2) is 36.5 Å². The quantitative estimate of drug-likeness (QED) is 0.865. The van der Waals surface area contributed by atoms with Gasteiger partial charge in [0.05, 0.1) is 12.1 Å². The molecule has 1 heterocycles. The summed E-state index contributed by atoms with van der Waals surface area (Å²) in [4.78, 5) is 24.0. The second-order valence-corrected chi connectivity index (χ2v) is 5.14. The molecule has 2 aromatic rings. The molecule has 1 aromatic heterocycles. The zero-order chi connectivity index (χ0) is 14.6. The lowest BCUT2D eigenvalue weighted by atomic mass is 9.75. The van der Waals surface area contributed by atoms with Gasteiger partial charge in [0.15, 0.2) is 5.78 Å². The molecule has 0 fully saturated rings. The van der Waals surface area contributed by atoms with Crippen LogP contribution >= 0.6 is 0 Å². The number of allylic oxidation sites excluding steroid dienone is 2. The molecule has 0 amide bonds. The second kappa shape index (κ2) is 4.09. The summed E-state index contributed by atoms with van der Waals surface area (Å²) in [6, 6.07) is 7.22. The molecule has 0 bridgehead atoms. The maximum absolute atomic E-state index is 12.6. The van der Waals surface area contributed by atoms with Gasteiger partial charge in [-0.15, -0.1) is 5.10 Å². The second-order valence-electron chi connectivity index (χ2n) is 5.14. The molecule has 5 heteroatoms. The first-order valence-corrected chi connectivity index (χ1v) is 6.61. The van der Waals surface area contributed by atoms with Crippen LogP contribution in [0, 0.1) is 0 Å². The minimum Gasteiger partial charge on any atom is -0.481 e. The Bertz CT molecular complexity index is 839. The smallest absolute Gasteiger partial charge is 0.311 e. The van der Waals surface area contributed by atoms with Gasteiger partial charge >= 0.3 is 5.97 Å². The van der Waals surface area contributed by atoms with E-state index in [2.05, 4.69) is 10.2 Å². The van der Waals surface area contributed by atoms with Gasteiger partial charge in [0.2, 0.25) is 0 Å². The normalized spacial score (nSPS) is 18.6. The molecule has 0 saturated carbocycles. The zero-order valence-electron chi connectivity index (χ0n) is 10.9. The topological polar surface area (TPSA) is 80.2 Å². The van der Waals surface area contributed by atoms with Crippen molar-refractivity contribution in [3.05, 3.63) is 53.2 Å². The number of carboxylic acids is 1. The standard InChI is InChI=1S/C16H10N2O3/c19-15-9-4-2-1-3-8(9)14-13-11(15)6-5-10(16(20)21)12(13)7-17-18-14/h1-4,6-7,10H,5H2,(H,20,21). The fourth-order valence-electron chi connectivity index (χ4n) is 3.07. The zero-order valence-corrected chi connectivity index (χ0v) is 10.9. The molecule has 1 N–H and O–H groups in total. The van der Waals surface area contributed by atoms with Gasteiger partial charge in [-0.25, -0.2) is 0 Å². The van der Waals surface area contributed by atoms with E-state index in [9.17, 15) is 14.7 Å². The number of benzene rings is 1. The van der Waals surface area contributed by atoms with Crippen molar-refractivity contribution in [3.8, 4) is 11.3 Å². The molecular weight excluding hydrogens is 268 g/mol. The van der Waals surface area contributed by atoms with Crippen molar-refractivity contribution in [2.75, 3.05) is 0 Å². The lowest BCUT2D eigenvalue weighted by molar-refractivity contribution is -0.138. The number of Topliss-reactive ketones (excluding diaryl/α,β-unsaturated/α-hetero) is 1. The van der Waals surface area contributed by atoms with Gasteiger partial charge in [-0.2, -0.15) is 5.10 Å². The Morgan fingerprint density at radius 2 is 2.00 bits per heavy atom. The van der Waals surface area contributed by atoms with Crippen LogP contribution in [0.1, 0.15) is 33.8 Å². The van der Waals surface area contributed by atoms with E-state index < -0.39 is 11.9 Å². The number of hydrogen-bond donors (Lipinski definition) is 1. The third-order valence-corrected chi connectivity index (χ3v) is 4.05. The first-order valence-electron chi connectivity index (χ1n) is 6.61. The molecule has 2 aliphatic carbocycles. The molecule has 0 aliphatic heterocycles. The number of hydrogen-bond acceptors (Lipinski definition) is 4. The average Bonchev–Trinajstić information content (AvgIpc) is 2.51. The summed E-state index contributed by atoms with van der Waals surface area (Å²) in [6.07, 6.45) is 3.48. The minimum atomic E-state index is -0.910. The van der Waals surface area contributed by atoms with Crippen molar-refractivity contribution in [1.29, 1.82) is 0 Å². The van der Waals surface area contributed by atoms with Crippen molar-refractivity contribution in [1.82, 2.24) is 10.2 Å². The Hall–Kier alpha value is -2.82. The lowest BCUT2D eigenvalue weighted by Gasteiger charge is -2.27. The predicted octanol–water partition coefficient (Wildman–Crippen LogP) is 2.30. The molecule has 21 heavy (non-hydrogen) atoms. The predicted molar refractivity (Wildman–Crippen MR) is 74.8 cm³/mol. The number of rotatable bonds is 1. The molecule has 1 atom stereocenters. The van der Waals surface area contributed by atoms with Crippen LogP contribution < -0.4 is 0 Å². The highest BCUT2D eigenvalue weighted by Gasteiger charge is 2.36. The molecule has 5 nitrogen and oxygen atoms in total. The van der Waals surface area contributed by atoms with E-state index in [1.807, 2.05) is 18.2 Å². The number of carbonyl (C=O) groups is 2. The fraction of sp³-hybridized carbons (Fsp3) is 0.125. The SMILES string of the molecule is O=C1C2=CCC(C(=O)O)c3cnnc(c32)-c2ccccc21. The van der Waals surface area contributed by atoms with Crippen molar-refractivity contribution in [2.24, 2.45) is 0 Å². The molecule has 1 aromatic carbocycles. The molecule has 2 aliphatic rings. The highest BCUT2D eigenvalue weighted by molar-refractivity contribution is 6.34. The van der Waals surface area contributed by atoms with Gasteiger partial charge in [-0.05, 0) is 12.0 Å². The summed E-state index contributed by atoms with van der Waals surface area (Å²) in [7, 11) is 0. The summed E-state index contributed by atoms with van der Waals surface area (Å²) >= 11 is 0. The summed E-state index contributed by atoms with van der Waals surface area (Å²) in [5.41, 5.74) is 3.66.